The Balaban J connectivity index is 2.32. The number of hydrogen-bond donors (Lipinski definition) is 1. The van der Waals surface area contributed by atoms with Crippen LogP contribution in [0.3, 0.4) is 0 Å². The van der Waals surface area contributed by atoms with Gasteiger partial charge in [0.25, 0.3) is 5.91 Å². The summed E-state index contributed by atoms with van der Waals surface area (Å²) in [5.41, 5.74) is 2.23. The molecule has 0 aliphatic heterocycles. The second kappa shape index (κ2) is 5.31. The summed E-state index contributed by atoms with van der Waals surface area (Å²) in [4.78, 5) is 18.0. The second-order valence-electron chi connectivity index (χ2n) is 3.87. The third kappa shape index (κ3) is 2.32. The van der Waals surface area contributed by atoms with Crippen molar-refractivity contribution in [3.8, 4) is 0 Å². The van der Waals surface area contributed by atoms with Crippen LogP contribution in [-0.2, 0) is 0 Å². The van der Waals surface area contributed by atoms with E-state index < -0.39 is 0 Å². The van der Waals surface area contributed by atoms with Crippen molar-refractivity contribution in [3.05, 3.63) is 54.4 Å². The summed E-state index contributed by atoms with van der Waals surface area (Å²) in [6.45, 7) is 0. The first-order chi connectivity index (χ1) is 8.74. The second-order valence-corrected chi connectivity index (χ2v) is 3.87. The van der Waals surface area contributed by atoms with Crippen LogP contribution in [0.2, 0.25) is 0 Å². The van der Waals surface area contributed by atoms with Crippen LogP contribution < -0.4 is 10.2 Å². The number of carbonyl (C=O) groups is 1. The third-order valence-corrected chi connectivity index (χ3v) is 2.76. The van der Waals surface area contributed by atoms with E-state index in [0.29, 0.717) is 5.56 Å². The zero-order valence-corrected chi connectivity index (χ0v) is 10.4. The molecule has 0 atom stereocenters. The van der Waals surface area contributed by atoms with Crippen molar-refractivity contribution in [2.75, 3.05) is 24.3 Å². The zero-order chi connectivity index (χ0) is 13.0. The molecular formula is C14H15N3O. The molecule has 4 heteroatoms. The van der Waals surface area contributed by atoms with E-state index in [1.165, 1.54) is 0 Å². The molecule has 1 aromatic heterocycles. The van der Waals surface area contributed by atoms with Crippen molar-refractivity contribution >= 4 is 17.3 Å². The Morgan fingerprint density at radius 3 is 2.67 bits per heavy atom. The first kappa shape index (κ1) is 12.1. The molecule has 0 bridgehead atoms. The van der Waals surface area contributed by atoms with Crippen LogP contribution in [0.4, 0.5) is 11.4 Å². The fourth-order valence-corrected chi connectivity index (χ4v) is 1.74. The number of rotatable bonds is 3. The van der Waals surface area contributed by atoms with E-state index >= 15 is 0 Å². The maximum atomic E-state index is 12.4. The summed E-state index contributed by atoms with van der Waals surface area (Å²) in [6.07, 6.45) is 3.35. The Labute approximate surface area is 106 Å². The number of anilines is 2. The van der Waals surface area contributed by atoms with E-state index in [2.05, 4.69) is 10.3 Å². The van der Waals surface area contributed by atoms with Gasteiger partial charge in [-0.2, -0.15) is 0 Å². The minimum absolute atomic E-state index is 0.0621. The number of para-hydroxylation sites is 1. The van der Waals surface area contributed by atoms with Gasteiger partial charge in [0.15, 0.2) is 0 Å². The molecular weight excluding hydrogens is 226 g/mol. The number of pyridine rings is 1. The third-order valence-electron chi connectivity index (χ3n) is 2.76. The van der Waals surface area contributed by atoms with E-state index in [1.807, 2.05) is 30.3 Å². The maximum absolute atomic E-state index is 12.4. The highest BCUT2D eigenvalue weighted by molar-refractivity contribution is 6.09. The molecule has 18 heavy (non-hydrogen) atoms. The van der Waals surface area contributed by atoms with Gasteiger partial charge in [-0.05, 0) is 24.3 Å². The summed E-state index contributed by atoms with van der Waals surface area (Å²) in [7, 11) is 3.54. The first-order valence-electron chi connectivity index (χ1n) is 5.69. The van der Waals surface area contributed by atoms with Gasteiger partial charge in [0.2, 0.25) is 0 Å². The lowest BCUT2D eigenvalue weighted by Crippen LogP contribution is -2.27. The van der Waals surface area contributed by atoms with Gasteiger partial charge in [-0.15, -0.1) is 0 Å². The normalized spacial score (nSPS) is 9.89. The Hall–Kier alpha value is -2.36. The largest absolute Gasteiger partial charge is 0.387 e. The molecule has 1 amide bonds. The number of hydrogen-bond acceptors (Lipinski definition) is 3. The molecule has 0 fully saturated rings. The minimum Gasteiger partial charge on any atom is -0.387 e. The molecule has 0 unspecified atom stereocenters. The summed E-state index contributed by atoms with van der Waals surface area (Å²) in [6, 6.07) is 11.1. The van der Waals surface area contributed by atoms with Crippen molar-refractivity contribution in [3.63, 3.8) is 0 Å². The van der Waals surface area contributed by atoms with Crippen LogP contribution in [0.1, 0.15) is 10.4 Å². The molecule has 0 saturated heterocycles. The van der Waals surface area contributed by atoms with Crippen molar-refractivity contribution in [2.45, 2.75) is 0 Å². The Morgan fingerprint density at radius 1 is 1.22 bits per heavy atom. The van der Waals surface area contributed by atoms with E-state index in [9.17, 15) is 4.79 Å². The lowest BCUT2D eigenvalue weighted by atomic mass is 10.1. The van der Waals surface area contributed by atoms with Gasteiger partial charge in [-0.1, -0.05) is 12.1 Å². The van der Waals surface area contributed by atoms with Gasteiger partial charge in [-0.25, -0.2) is 0 Å². The van der Waals surface area contributed by atoms with E-state index in [4.69, 9.17) is 0 Å². The fraction of sp³-hybridized carbons (Fsp3) is 0.143. The molecule has 1 N–H and O–H groups in total. The van der Waals surface area contributed by atoms with Gasteiger partial charge < -0.3 is 10.2 Å². The molecule has 1 heterocycles. The highest BCUT2D eigenvalue weighted by Crippen LogP contribution is 2.19. The molecule has 0 spiro atoms. The molecule has 0 saturated carbocycles. The standard InChI is InChI=1S/C14H15N3O/c1-15-13-8-4-3-7-12(13)14(18)17(2)11-6-5-9-16-10-11/h3-10,15H,1-2H3. The van der Waals surface area contributed by atoms with Crippen molar-refractivity contribution in [2.24, 2.45) is 0 Å². The van der Waals surface area contributed by atoms with Gasteiger partial charge in [-0.3, -0.25) is 9.78 Å². The Kier molecular flexibility index (Phi) is 3.57. The van der Waals surface area contributed by atoms with Gasteiger partial charge in [0.05, 0.1) is 17.4 Å². The van der Waals surface area contributed by atoms with Crippen LogP contribution in [0, 0.1) is 0 Å². The first-order valence-corrected chi connectivity index (χ1v) is 5.69. The molecule has 92 valence electrons. The molecule has 0 radical (unpaired) electrons. The van der Waals surface area contributed by atoms with Crippen molar-refractivity contribution in [1.29, 1.82) is 0 Å². The molecule has 2 rings (SSSR count). The highest BCUT2D eigenvalue weighted by Gasteiger charge is 2.16. The lowest BCUT2D eigenvalue weighted by Gasteiger charge is -2.18. The lowest BCUT2D eigenvalue weighted by molar-refractivity contribution is 0.0993. The van der Waals surface area contributed by atoms with Crippen molar-refractivity contribution < 1.29 is 4.79 Å². The fourth-order valence-electron chi connectivity index (χ4n) is 1.74. The predicted molar refractivity (Wildman–Crippen MR) is 73.0 cm³/mol. The highest BCUT2D eigenvalue weighted by atomic mass is 16.2. The number of amides is 1. The number of nitrogens with zero attached hydrogens (tertiary/aromatic N) is 2. The number of carbonyl (C=O) groups excluding carboxylic acids is 1. The molecule has 1 aromatic carbocycles. The van der Waals surface area contributed by atoms with Crippen LogP contribution in [-0.4, -0.2) is 25.0 Å². The molecule has 4 nitrogen and oxygen atoms in total. The summed E-state index contributed by atoms with van der Waals surface area (Å²) < 4.78 is 0. The maximum Gasteiger partial charge on any atom is 0.260 e. The average molecular weight is 241 g/mol. The zero-order valence-electron chi connectivity index (χ0n) is 10.4. The average Bonchev–Trinajstić information content (AvgIpc) is 2.46. The smallest absolute Gasteiger partial charge is 0.260 e. The van der Waals surface area contributed by atoms with Gasteiger partial charge in [0.1, 0.15) is 0 Å². The summed E-state index contributed by atoms with van der Waals surface area (Å²) in [5, 5.41) is 3.02. The van der Waals surface area contributed by atoms with Gasteiger partial charge >= 0.3 is 0 Å². The SMILES string of the molecule is CNc1ccccc1C(=O)N(C)c1cccnc1. The topological polar surface area (TPSA) is 45.2 Å². The number of benzene rings is 1. The minimum atomic E-state index is -0.0621. The Bertz CT molecular complexity index is 540. The number of aromatic nitrogens is 1. The van der Waals surface area contributed by atoms with E-state index in [0.717, 1.165) is 11.4 Å². The van der Waals surface area contributed by atoms with Crippen LogP contribution in [0.25, 0.3) is 0 Å². The summed E-state index contributed by atoms with van der Waals surface area (Å²) in [5.74, 6) is -0.0621. The number of nitrogens with one attached hydrogen (secondary N) is 1. The van der Waals surface area contributed by atoms with Gasteiger partial charge in [0, 0.05) is 26.0 Å². The van der Waals surface area contributed by atoms with E-state index in [1.54, 1.807) is 37.5 Å². The van der Waals surface area contributed by atoms with Crippen molar-refractivity contribution in [1.82, 2.24) is 4.98 Å². The molecule has 0 aliphatic carbocycles. The summed E-state index contributed by atoms with van der Waals surface area (Å²) >= 11 is 0. The van der Waals surface area contributed by atoms with Crippen LogP contribution >= 0.6 is 0 Å². The monoisotopic (exact) mass is 241 g/mol. The quantitative estimate of drug-likeness (QED) is 0.897. The predicted octanol–water partition coefficient (Wildman–Crippen LogP) is 2.40. The molecule has 0 aliphatic rings. The van der Waals surface area contributed by atoms with E-state index in [-0.39, 0.29) is 5.91 Å². The van der Waals surface area contributed by atoms with Crippen LogP contribution in [0.5, 0.6) is 0 Å². The molecule has 2 aromatic rings. The van der Waals surface area contributed by atoms with Crippen LogP contribution in [0.15, 0.2) is 48.8 Å². The Morgan fingerprint density at radius 2 is 2.00 bits per heavy atom.